The Kier molecular flexibility index (Phi) is 10.1. The normalized spacial score (nSPS) is 20.1. The van der Waals surface area contributed by atoms with Crippen molar-refractivity contribution >= 4 is 40.1 Å². The van der Waals surface area contributed by atoms with Crippen LogP contribution < -0.4 is 15.5 Å². The molecule has 1 aliphatic rings. The molecule has 260 valence electrons. The fraction of sp³-hybridized carbons (Fsp3) is 0.343. The van der Waals surface area contributed by atoms with E-state index in [4.69, 9.17) is 35.0 Å². The van der Waals surface area contributed by atoms with Gasteiger partial charge in [-0.3, -0.25) is 9.59 Å². The predicted octanol–water partition coefficient (Wildman–Crippen LogP) is 5.37. The second kappa shape index (κ2) is 14.0. The van der Waals surface area contributed by atoms with E-state index in [0.29, 0.717) is 12.0 Å². The van der Waals surface area contributed by atoms with Crippen LogP contribution in [0.3, 0.4) is 0 Å². The van der Waals surface area contributed by atoms with Crippen LogP contribution in [-0.2, 0) is 20.6 Å². The maximum absolute atomic E-state index is 13.4. The summed E-state index contributed by atoms with van der Waals surface area (Å²) in [7, 11) is 1.39. The summed E-state index contributed by atoms with van der Waals surface area (Å²) in [6, 6.07) is 10.1. The maximum atomic E-state index is 13.4. The zero-order valence-electron chi connectivity index (χ0n) is 27.6. The number of aryl methyl sites for hydroxylation is 1. The summed E-state index contributed by atoms with van der Waals surface area (Å²) in [5.41, 5.74) is -0.156. The average Bonchev–Trinajstić information content (AvgIpc) is 3.48. The minimum absolute atomic E-state index is 0.00573. The fourth-order valence-corrected chi connectivity index (χ4v) is 5.78. The van der Waals surface area contributed by atoms with Crippen LogP contribution in [0.2, 0.25) is 5.02 Å². The number of halogens is 1. The molecule has 0 unspecified atom stereocenters. The van der Waals surface area contributed by atoms with Crippen molar-refractivity contribution in [2.45, 2.75) is 71.2 Å². The number of aliphatic hydroxyl groups excluding tert-OH is 1. The molecule has 5 N–H and O–H groups in total. The molecule has 5 rings (SSSR count). The van der Waals surface area contributed by atoms with E-state index in [0.717, 1.165) is 11.3 Å². The van der Waals surface area contributed by atoms with Crippen molar-refractivity contribution in [2.24, 2.45) is 0 Å². The highest BCUT2D eigenvalue weighted by Gasteiger charge is 2.53. The van der Waals surface area contributed by atoms with Gasteiger partial charge in [0.05, 0.1) is 11.0 Å². The monoisotopic (exact) mass is 696 g/mol. The molecule has 4 atom stereocenters. The number of rotatable bonds is 9. The minimum Gasteiger partial charge on any atom is -0.508 e. The highest BCUT2D eigenvalue weighted by atomic mass is 35.5. The molecule has 0 aliphatic carbocycles. The first-order valence-electron chi connectivity index (χ1n) is 15.3. The number of esters is 1. The minimum atomic E-state index is -1.56. The quantitative estimate of drug-likeness (QED) is 0.112. The molecule has 0 saturated carbocycles. The molecule has 0 bridgehead atoms. The number of phenols is 1. The Balaban J connectivity index is 1.40. The number of phenolic OH excluding ortho intramolecular Hbond substituents is 1. The molecule has 3 heterocycles. The predicted molar refractivity (Wildman–Crippen MR) is 179 cm³/mol. The Morgan fingerprint density at radius 3 is 2.51 bits per heavy atom. The van der Waals surface area contributed by atoms with Crippen LogP contribution in [0.4, 0.5) is 5.69 Å². The first-order valence-corrected chi connectivity index (χ1v) is 15.7. The van der Waals surface area contributed by atoms with Crippen LogP contribution in [0.15, 0.2) is 63.3 Å². The summed E-state index contributed by atoms with van der Waals surface area (Å²) < 4.78 is 28.7. The van der Waals surface area contributed by atoms with Crippen molar-refractivity contribution in [2.75, 3.05) is 12.4 Å². The molecule has 14 heteroatoms. The lowest BCUT2D eigenvalue weighted by Crippen LogP contribution is -2.65. The number of ether oxygens (including phenoxy) is 4. The number of anilines is 1. The lowest BCUT2D eigenvalue weighted by Gasteiger charge is -2.47. The van der Waals surface area contributed by atoms with Gasteiger partial charge in [-0.25, -0.2) is 4.79 Å². The zero-order chi connectivity index (χ0) is 35.8. The average molecular weight is 697 g/mol. The molecule has 2 aromatic carbocycles. The van der Waals surface area contributed by atoms with E-state index < -0.39 is 59.1 Å². The van der Waals surface area contributed by atoms with Gasteiger partial charge in [0.15, 0.2) is 23.5 Å². The summed E-state index contributed by atoms with van der Waals surface area (Å²) in [6.45, 7) is 8.92. The molecule has 49 heavy (non-hydrogen) atoms. The van der Waals surface area contributed by atoms with Crippen LogP contribution in [0, 0.1) is 6.92 Å². The number of aliphatic hydroxyl groups is 1. The summed E-state index contributed by atoms with van der Waals surface area (Å²) in [5, 5.41) is 34.2. The third-order valence-corrected chi connectivity index (χ3v) is 8.43. The Hall–Kier alpha value is -4.82. The largest absolute Gasteiger partial charge is 0.508 e. The Morgan fingerprint density at radius 1 is 1.12 bits per heavy atom. The third kappa shape index (κ3) is 7.30. The number of methoxy groups -OCH3 is 1. The van der Waals surface area contributed by atoms with E-state index >= 15 is 0 Å². The Morgan fingerprint density at radius 2 is 1.86 bits per heavy atom. The lowest BCUT2D eigenvalue weighted by molar-refractivity contribution is -0.305. The van der Waals surface area contributed by atoms with Crippen molar-refractivity contribution in [1.29, 1.82) is 0 Å². The number of aromatic hydroxyl groups is 2. The zero-order valence-corrected chi connectivity index (χ0v) is 28.4. The number of hydrogen-bond donors (Lipinski definition) is 5. The molecular weight excluding hydrogens is 660 g/mol. The number of amides is 1. The highest BCUT2D eigenvalue weighted by molar-refractivity contribution is 6.36. The fourth-order valence-electron chi connectivity index (χ4n) is 5.53. The van der Waals surface area contributed by atoms with Crippen LogP contribution >= 0.6 is 11.6 Å². The van der Waals surface area contributed by atoms with Crippen LogP contribution in [0.1, 0.15) is 59.8 Å². The van der Waals surface area contributed by atoms with Crippen LogP contribution in [0.25, 0.3) is 11.0 Å². The van der Waals surface area contributed by atoms with Gasteiger partial charge in [0.1, 0.15) is 28.3 Å². The van der Waals surface area contributed by atoms with Crippen LogP contribution in [-0.4, -0.2) is 69.5 Å². The molecule has 1 fully saturated rings. The Labute approximate surface area is 286 Å². The van der Waals surface area contributed by atoms with E-state index in [1.165, 1.54) is 37.4 Å². The maximum Gasteiger partial charge on any atom is 0.355 e. The number of hydrogen-bond acceptors (Lipinski definition) is 11. The second-order valence-corrected chi connectivity index (χ2v) is 12.8. The number of nitrogens with one attached hydrogen (secondary N) is 2. The molecule has 0 radical (unpaired) electrons. The van der Waals surface area contributed by atoms with Gasteiger partial charge >= 0.3 is 11.9 Å². The van der Waals surface area contributed by atoms with Crippen LogP contribution in [0.5, 0.6) is 17.4 Å². The molecule has 1 aliphatic heterocycles. The van der Waals surface area contributed by atoms with E-state index in [9.17, 15) is 29.7 Å². The SMILES string of the molecule is CO[C@@H]1[C@@H](OC(=O)c2ccc(C)[nH]2)[C@@H](O)[C@H](Oc2ccc3c(=O)c(NC(=O)c4ccc(O)c(CC=C(C)C)c4)c(O)oc3c2Cl)OC1(C)C. The number of H-pyrrole nitrogens is 1. The number of carbonyl (C=O) groups is 2. The van der Waals surface area contributed by atoms with E-state index in [1.54, 1.807) is 32.9 Å². The third-order valence-electron chi connectivity index (χ3n) is 8.07. The molecule has 0 spiro atoms. The first-order chi connectivity index (χ1) is 23.1. The summed E-state index contributed by atoms with van der Waals surface area (Å²) in [5.74, 6) is -2.46. The van der Waals surface area contributed by atoms with Gasteiger partial charge < -0.3 is 49.0 Å². The highest BCUT2D eigenvalue weighted by Crippen LogP contribution is 2.39. The molecule has 1 saturated heterocycles. The van der Waals surface area contributed by atoms with Gasteiger partial charge in [0, 0.05) is 18.4 Å². The first kappa shape index (κ1) is 35.5. The van der Waals surface area contributed by atoms with E-state index in [1.807, 2.05) is 19.9 Å². The van der Waals surface area contributed by atoms with Crippen molar-refractivity contribution in [3.63, 3.8) is 0 Å². The number of allylic oxidation sites excluding steroid dienone is 2. The Bertz CT molecular complexity index is 1990. The smallest absolute Gasteiger partial charge is 0.355 e. The number of aromatic nitrogens is 1. The molecule has 1 amide bonds. The number of carbonyl (C=O) groups excluding carboxylic acids is 2. The summed E-state index contributed by atoms with van der Waals surface area (Å²) in [6.07, 6.45) is -2.87. The lowest BCUT2D eigenvalue weighted by atomic mass is 9.89. The van der Waals surface area contributed by atoms with E-state index in [-0.39, 0.29) is 38.7 Å². The van der Waals surface area contributed by atoms with Crippen molar-refractivity contribution in [1.82, 2.24) is 4.98 Å². The molecular formula is C35H37ClN2O11. The molecule has 4 aromatic rings. The van der Waals surface area contributed by atoms with E-state index in [2.05, 4.69) is 10.3 Å². The summed E-state index contributed by atoms with van der Waals surface area (Å²) >= 11 is 6.58. The van der Waals surface area contributed by atoms with Gasteiger partial charge in [-0.05, 0) is 89.1 Å². The van der Waals surface area contributed by atoms with Crippen molar-refractivity contribution in [3.8, 4) is 17.4 Å². The van der Waals surface area contributed by atoms with Gasteiger partial charge in [0.2, 0.25) is 11.7 Å². The summed E-state index contributed by atoms with van der Waals surface area (Å²) in [4.78, 5) is 42.3. The number of fused-ring (bicyclic) bond motifs is 1. The van der Waals surface area contributed by atoms with Crippen molar-refractivity contribution < 1.29 is 48.3 Å². The molecule has 2 aromatic heterocycles. The van der Waals surface area contributed by atoms with Gasteiger partial charge in [-0.1, -0.05) is 23.3 Å². The van der Waals surface area contributed by atoms with Gasteiger partial charge in [-0.2, -0.15) is 0 Å². The van der Waals surface area contributed by atoms with Gasteiger partial charge in [0.25, 0.3) is 5.91 Å². The van der Waals surface area contributed by atoms with Crippen molar-refractivity contribution in [3.05, 3.63) is 91.9 Å². The number of benzene rings is 2. The topological polar surface area (TPSA) is 190 Å². The molecule has 13 nitrogen and oxygen atoms in total. The number of aromatic amines is 1. The standard InChI is InChI=1S/C35H37ClN2O11/c1-16(2)7-9-18-15-19(10-13-22(18)39)31(42)38-25-26(40)20-11-14-23(24(36)28(20)47-33(25)44)46-34-27(41)29(30(45-6)35(4,5)49-34)48-32(43)21-12-8-17(3)37-21/h7-8,10-15,27,29-30,34,37,39,41,44H,9H2,1-6H3,(H,38,42)/t27-,29+,30-,34-/m1/s1. The second-order valence-electron chi connectivity index (χ2n) is 12.4. The van der Waals surface area contributed by atoms with Gasteiger partial charge in [-0.15, -0.1) is 0 Å².